The Morgan fingerprint density at radius 1 is 0.829 bits per heavy atom. The molecule has 0 aliphatic heterocycles. The first kappa shape index (κ1) is 32.8. The third-order valence-electron chi connectivity index (χ3n) is 8.27. The van der Waals surface area contributed by atoms with Gasteiger partial charge in [-0.1, -0.05) is 95.9 Å². The topological polar surface area (TPSA) is 35.5 Å². The van der Waals surface area contributed by atoms with Crippen LogP contribution in [0.15, 0.2) is 48.6 Å². The summed E-state index contributed by atoms with van der Waals surface area (Å²) in [6.45, 7) is 4.75. The second-order valence-corrected chi connectivity index (χ2v) is 11.6. The normalized spacial score (nSPS) is 17.2. The first-order chi connectivity index (χ1) is 20.0. The number of rotatable bonds is 18. The molecule has 41 heavy (non-hydrogen) atoms. The minimum absolute atomic E-state index is 0.180. The molecule has 2 aromatic carbocycles. The molecular formula is C36H50F2O3. The van der Waals surface area contributed by atoms with Gasteiger partial charge in [-0.25, -0.2) is 9.18 Å². The summed E-state index contributed by atoms with van der Waals surface area (Å²) in [7, 11) is 0. The summed E-state index contributed by atoms with van der Waals surface area (Å²) < 4.78 is 39.9. The fourth-order valence-corrected chi connectivity index (χ4v) is 5.64. The number of hydrogen-bond acceptors (Lipinski definition) is 3. The van der Waals surface area contributed by atoms with Gasteiger partial charge in [-0.05, 0) is 86.6 Å². The average molecular weight is 569 g/mol. The molecule has 2 aromatic rings. The predicted octanol–water partition coefficient (Wildman–Crippen LogP) is 10.8. The molecule has 3 nitrogen and oxygen atoms in total. The summed E-state index contributed by atoms with van der Waals surface area (Å²) in [5, 5.41) is 0. The second-order valence-electron chi connectivity index (χ2n) is 11.6. The van der Waals surface area contributed by atoms with E-state index in [4.69, 9.17) is 9.47 Å². The smallest absolute Gasteiger partial charge is 0.346 e. The van der Waals surface area contributed by atoms with Gasteiger partial charge >= 0.3 is 5.97 Å². The maximum Gasteiger partial charge on any atom is 0.346 e. The molecule has 0 spiro atoms. The monoisotopic (exact) mass is 568 g/mol. The number of aryl methyl sites for hydroxylation is 1. The van der Waals surface area contributed by atoms with E-state index >= 15 is 0 Å². The van der Waals surface area contributed by atoms with Crippen molar-refractivity contribution < 1.29 is 23.0 Å². The molecule has 0 heterocycles. The summed E-state index contributed by atoms with van der Waals surface area (Å²) in [4.78, 5) is 12.5. The van der Waals surface area contributed by atoms with Gasteiger partial charge in [0.05, 0.1) is 12.2 Å². The minimum Gasteiger partial charge on any atom is -0.490 e. The Kier molecular flexibility index (Phi) is 15.0. The van der Waals surface area contributed by atoms with E-state index in [9.17, 15) is 13.6 Å². The van der Waals surface area contributed by atoms with Gasteiger partial charge in [0.25, 0.3) is 0 Å². The lowest BCUT2D eigenvalue weighted by atomic mass is 9.79. The fraction of sp³-hybridized carbons (Fsp3) is 0.583. The van der Waals surface area contributed by atoms with E-state index < -0.39 is 23.2 Å². The average Bonchev–Trinajstić information content (AvgIpc) is 2.98. The molecule has 5 heteroatoms. The van der Waals surface area contributed by atoms with Gasteiger partial charge in [0, 0.05) is 0 Å². The molecule has 0 atom stereocenters. The number of carbonyl (C=O) groups is 1. The zero-order valence-corrected chi connectivity index (χ0v) is 25.3. The Hall–Kier alpha value is -2.69. The van der Waals surface area contributed by atoms with Gasteiger partial charge in [-0.2, -0.15) is 4.39 Å². The number of ether oxygens (including phenoxy) is 2. The first-order valence-electron chi connectivity index (χ1n) is 16.1. The van der Waals surface area contributed by atoms with Crippen molar-refractivity contribution in [1.29, 1.82) is 0 Å². The molecule has 1 aliphatic carbocycles. The van der Waals surface area contributed by atoms with E-state index in [0.717, 1.165) is 43.6 Å². The molecule has 3 rings (SSSR count). The van der Waals surface area contributed by atoms with Crippen molar-refractivity contribution in [2.24, 2.45) is 11.8 Å². The van der Waals surface area contributed by atoms with Crippen molar-refractivity contribution in [3.8, 4) is 11.5 Å². The van der Waals surface area contributed by atoms with E-state index in [-0.39, 0.29) is 5.75 Å². The quantitative estimate of drug-likeness (QED) is 0.0776. The molecule has 0 amide bonds. The highest BCUT2D eigenvalue weighted by Gasteiger charge is 2.21. The van der Waals surface area contributed by atoms with E-state index in [1.165, 1.54) is 82.8 Å². The molecule has 0 aromatic heterocycles. The first-order valence-corrected chi connectivity index (χ1v) is 16.1. The van der Waals surface area contributed by atoms with Crippen molar-refractivity contribution in [2.75, 3.05) is 6.61 Å². The fourth-order valence-electron chi connectivity index (χ4n) is 5.64. The van der Waals surface area contributed by atoms with Crippen LogP contribution < -0.4 is 9.47 Å². The van der Waals surface area contributed by atoms with Gasteiger partial charge < -0.3 is 9.47 Å². The third-order valence-corrected chi connectivity index (χ3v) is 8.27. The highest BCUT2D eigenvalue weighted by atomic mass is 19.2. The summed E-state index contributed by atoms with van der Waals surface area (Å²) in [5.41, 5.74) is 0.691. The molecule has 0 radical (unpaired) electrons. The van der Waals surface area contributed by atoms with Crippen molar-refractivity contribution in [1.82, 2.24) is 0 Å². The summed E-state index contributed by atoms with van der Waals surface area (Å²) in [6.07, 6.45) is 23.8. The molecule has 226 valence electrons. The highest BCUT2D eigenvalue weighted by Crippen LogP contribution is 2.33. The van der Waals surface area contributed by atoms with E-state index in [2.05, 4.69) is 26.0 Å². The number of allylic oxidation sites excluding steroid dienone is 2. The molecular weight excluding hydrogens is 518 g/mol. The van der Waals surface area contributed by atoms with Crippen LogP contribution in [-0.2, 0) is 6.42 Å². The van der Waals surface area contributed by atoms with Crippen LogP contribution in [0.2, 0.25) is 0 Å². The van der Waals surface area contributed by atoms with Gasteiger partial charge in [-0.3, -0.25) is 0 Å². The van der Waals surface area contributed by atoms with Crippen LogP contribution in [0.5, 0.6) is 11.5 Å². The molecule has 0 N–H and O–H groups in total. The Morgan fingerprint density at radius 3 is 2.24 bits per heavy atom. The van der Waals surface area contributed by atoms with Crippen molar-refractivity contribution >= 4 is 5.97 Å². The largest absolute Gasteiger partial charge is 0.490 e. The van der Waals surface area contributed by atoms with E-state index in [0.29, 0.717) is 18.3 Å². The van der Waals surface area contributed by atoms with Crippen molar-refractivity contribution in [3.05, 3.63) is 71.3 Å². The molecule has 1 fully saturated rings. The lowest BCUT2D eigenvalue weighted by molar-refractivity contribution is 0.0728. The Bertz CT molecular complexity index is 1060. The molecule has 0 bridgehead atoms. The number of esters is 1. The van der Waals surface area contributed by atoms with Crippen molar-refractivity contribution in [2.45, 2.75) is 117 Å². The maximum absolute atomic E-state index is 14.6. The number of carbonyl (C=O) groups excluding carboxylic acids is 1. The maximum atomic E-state index is 14.6. The van der Waals surface area contributed by atoms with Crippen LogP contribution in [0.3, 0.4) is 0 Å². The van der Waals surface area contributed by atoms with Crippen LogP contribution >= 0.6 is 0 Å². The van der Waals surface area contributed by atoms with Crippen LogP contribution in [-0.4, -0.2) is 12.6 Å². The number of unbranched alkanes of at least 4 members (excludes halogenated alkanes) is 7. The standard InChI is InChI=1S/C36H50F2O3/c1-3-5-7-8-9-13-27-40-33-26-25-32(34(37)35(33)38)36(39)41-31-23-21-30(22-24-31)16-12-11-15-29-19-17-28(18-20-29)14-10-6-4-2/h11,15,21-26,28-29H,3-10,12-14,16-20,27H2,1-2H3/b15-11+/t28-,29-. The lowest BCUT2D eigenvalue weighted by Crippen LogP contribution is -2.13. The Balaban J connectivity index is 1.38. The predicted molar refractivity (Wildman–Crippen MR) is 164 cm³/mol. The molecule has 0 unspecified atom stereocenters. The minimum atomic E-state index is -1.25. The molecule has 1 saturated carbocycles. The van der Waals surface area contributed by atoms with E-state index in [1.807, 2.05) is 12.1 Å². The number of benzene rings is 2. The van der Waals surface area contributed by atoms with Gasteiger partial charge in [0.15, 0.2) is 11.6 Å². The van der Waals surface area contributed by atoms with Crippen LogP contribution in [0.25, 0.3) is 0 Å². The third kappa shape index (κ3) is 11.6. The Labute approximate surface area is 246 Å². The zero-order valence-electron chi connectivity index (χ0n) is 25.3. The highest BCUT2D eigenvalue weighted by molar-refractivity contribution is 5.91. The van der Waals surface area contributed by atoms with Gasteiger partial charge in [0.2, 0.25) is 5.82 Å². The number of hydrogen-bond donors (Lipinski definition) is 0. The Morgan fingerprint density at radius 2 is 1.51 bits per heavy atom. The van der Waals surface area contributed by atoms with Crippen molar-refractivity contribution in [3.63, 3.8) is 0 Å². The number of halogens is 2. The van der Waals surface area contributed by atoms with Gasteiger partial charge in [-0.15, -0.1) is 0 Å². The SMILES string of the molecule is CCCCCCCCOc1ccc(C(=O)Oc2ccc(CC/C=C/[C@H]3CC[C@H](CCCCC)CC3)cc2)c(F)c1F. The van der Waals surface area contributed by atoms with Gasteiger partial charge in [0.1, 0.15) is 5.75 Å². The van der Waals surface area contributed by atoms with Crippen LogP contribution in [0.1, 0.15) is 126 Å². The summed E-state index contributed by atoms with van der Waals surface area (Å²) >= 11 is 0. The molecule has 0 saturated heterocycles. The van der Waals surface area contributed by atoms with E-state index in [1.54, 1.807) is 12.1 Å². The second kappa shape index (κ2) is 18.7. The summed E-state index contributed by atoms with van der Waals surface area (Å²) in [6, 6.07) is 9.73. The zero-order chi connectivity index (χ0) is 29.3. The molecule has 1 aliphatic rings. The van der Waals surface area contributed by atoms with Crippen LogP contribution in [0, 0.1) is 23.5 Å². The van der Waals surface area contributed by atoms with Crippen LogP contribution in [0.4, 0.5) is 8.78 Å². The lowest BCUT2D eigenvalue weighted by Gasteiger charge is -2.26. The summed E-state index contributed by atoms with van der Waals surface area (Å²) in [5.74, 6) is -1.57.